The summed E-state index contributed by atoms with van der Waals surface area (Å²) in [5.41, 5.74) is 6.20. The van der Waals surface area contributed by atoms with E-state index in [9.17, 15) is 8.42 Å². The zero-order valence-corrected chi connectivity index (χ0v) is 11.1. The monoisotopic (exact) mass is 258 g/mol. The molecule has 96 valence electrons. The lowest BCUT2D eigenvalue weighted by Crippen LogP contribution is -2.43. The molecule has 1 aromatic heterocycles. The van der Waals surface area contributed by atoms with Gasteiger partial charge in [-0.05, 0) is 25.7 Å². The van der Waals surface area contributed by atoms with Crippen LogP contribution in [0.25, 0.3) is 0 Å². The van der Waals surface area contributed by atoms with Crippen LogP contribution in [0.1, 0.15) is 25.5 Å². The molecule has 0 radical (unpaired) electrons. The summed E-state index contributed by atoms with van der Waals surface area (Å²) in [4.78, 5) is 0.111. The lowest BCUT2D eigenvalue weighted by molar-refractivity contribution is 0.270. The molecule has 1 saturated carbocycles. The first-order chi connectivity index (χ1) is 7.81. The second kappa shape index (κ2) is 3.99. The molecular weight excluding hydrogens is 240 g/mol. The Morgan fingerprint density at radius 1 is 1.47 bits per heavy atom. The van der Waals surface area contributed by atoms with Crippen LogP contribution in [0, 0.1) is 12.8 Å². The molecule has 2 rings (SSSR count). The van der Waals surface area contributed by atoms with E-state index in [-0.39, 0.29) is 16.8 Å². The van der Waals surface area contributed by atoms with E-state index in [1.807, 2.05) is 0 Å². The van der Waals surface area contributed by atoms with Crippen molar-refractivity contribution < 1.29 is 8.42 Å². The molecule has 6 nitrogen and oxygen atoms in total. The standard InChI is InChI=1S/C10H18N4O2S/c1-6-4-8(5-6)13-17(15,16)9-7(2)14(3)12-10(9)11/h6,8,13H,4-5H2,1-3H3,(H2,11,12). The van der Waals surface area contributed by atoms with Crippen molar-refractivity contribution in [1.29, 1.82) is 0 Å². The molecule has 1 aliphatic carbocycles. The highest BCUT2D eigenvalue weighted by atomic mass is 32.2. The molecule has 1 heterocycles. The van der Waals surface area contributed by atoms with Crippen molar-refractivity contribution in [3.05, 3.63) is 5.69 Å². The SMILES string of the molecule is Cc1c(S(=O)(=O)NC2CC(C)C2)c(N)nn1C. The van der Waals surface area contributed by atoms with Crippen LogP contribution in [-0.4, -0.2) is 24.2 Å². The predicted octanol–water partition coefficient (Wildman–Crippen LogP) is 0.388. The number of aromatic nitrogens is 2. The third kappa shape index (κ3) is 2.16. The number of hydrogen-bond donors (Lipinski definition) is 2. The summed E-state index contributed by atoms with van der Waals surface area (Å²) in [6.07, 6.45) is 1.77. The summed E-state index contributed by atoms with van der Waals surface area (Å²) < 4.78 is 28.5. The van der Waals surface area contributed by atoms with E-state index >= 15 is 0 Å². The molecule has 0 aliphatic heterocycles. The van der Waals surface area contributed by atoms with Crippen LogP contribution < -0.4 is 10.5 Å². The number of aryl methyl sites for hydroxylation is 1. The van der Waals surface area contributed by atoms with Crippen LogP contribution >= 0.6 is 0 Å². The zero-order chi connectivity index (χ0) is 12.8. The summed E-state index contributed by atoms with van der Waals surface area (Å²) in [7, 11) is -1.87. The average molecular weight is 258 g/mol. The first-order valence-corrected chi connectivity index (χ1v) is 7.11. The Hall–Kier alpha value is -1.08. The van der Waals surface area contributed by atoms with Gasteiger partial charge < -0.3 is 5.73 Å². The van der Waals surface area contributed by atoms with Crippen LogP contribution in [0.4, 0.5) is 5.82 Å². The molecule has 1 aromatic rings. The first-order valence-electron chi connectivity index (χ1n) is 5.62. The smallest absolute Gasteiger partial charge is 0.246 e. The number of nitrogens with zero attached hydrogens (tertiary/aromatic N) is 2. The minimum absolute atomic E-state index is 0.0361. The van der Waals surface area contributed by atoms with Gasteiger partial charge in [0.15, 0.2) is 5.82 Å². The van der Waals surface area contributed by atoms with Crippen molar-refractivity contribution in [2.45, 2.75) is 37.6 Å². The van der Waals surface area contributed by atoms with Crippen molar-refractivity contribution in [1.82, 2.24) is 14.5 Å². The highest BCUT2D eigenvalue weighted by Gasteiger charge is 2.32. The van der Waals surface area contributed by atoms with Crippen molar-refractivity contribution in [3.63, 3.8) is 0 Å². The summed E-state index contributed by atoms with van der Waals surface area (Å²) >= 11 is 0. The number of nitrogens with two attached hydrogens (primary N) is 1. The van der Waals surface area contributed by atoms with E-state index in [1.54, 1.807) is 14.0 Å². The van der Waals surface area contributed by atoms with Gasteiger partial charge in [-0.15, -0.1) is 0 Å². The largest absolute Gasteiger partial charge is 0.381 e. The maximum atomic E-state index is 12.2. The quantitative estimate of drug-likeness (QED) is 0.820. The van der Waals surface area contributed by atoms with Crippen LogP contribution in [0.2, 0.25) is 0 Å². The molecule has 3 N–H and O–H groups in total. The van der Waals surface area contributed by atoms with Gasteiger partial charge in [-0.25, -0.2) is 13.1 Å². The Kier molecular flexibility index (Phi) is 2.90. The fraction of sp³-hybridized carbons (Fsp3) is 0.700. The Morgan fingerprint density at radius 2 is 2.06 bits per heavy atom. The van der Waals surface area contributed by atoms with Gasteiger partial charge in [0.25, 0.3) is 0 Å². The van der Waals surface area contributed by atoms with Gasteiger partial charge in [-0.3, -0.25) is 4.68 Å². The summed E-state index contributed by atoms with van der Waals surface area (Å²) in [5, 5.41) is 3.92. The summed E-state index contributed by atoms with van der Waals surface area (Å²) in [5.74, 6) is 0.653. The fourth-order valence-electron chi connectivity index (χ4n) is 2.22. The molecular formula is C10H18N4O2S. The van der Waals surface area contributed by atoms with Crippen LogP contribution in [0.5, 0.6) is 0 Å². The molecule has 1 aliphatic rings. The molecule has 17 heavy (non-hydrogen) atoms. The molecule has 0 atom stereocenters. The summed E-state index contributed by atoms with van der Waals surface area (Å²) in [6, 6.07) is 0.0361. The Balaban J connectivity index is 2.26. The second-order valence-electron chi connectivity index (χ2n) is 4.82. The molecule has 0 spiro atoms. The van der Waals surface area contributed by atoms with Gasteiger partial charge in [-0.2, -0.15) is 5.10 Å². The zero-order valence-electron chi connectivity index (χ0n) is 10.3. The van der Waals surface area contributed by atoms with Gasteiger partial charge in [-0.1, -0.05) is 6.92 Å². The van der Waals surface area contributed by atoms with Gasteiger partial charge in [0.2, 0.25) is 10.0 Å². The Labute approximate surface area is 101 Å². The van der Waals surface area contributed by atoms with Gasteiger partial charge >= 0.3 is 0 Å². The molecule has 0 unspecified atom stereocenters. The first kappa shape index (κ1) is 12.4. The lowest BCUT2D eigenvalue weighted by atomic mass is 9.83. The van der Waals surface area contributed by atoms with Crippen molar-refractivity contribution >= 4 is 15.8 Å². The number of rotatable bonds is 3. The number of sulfonamides is 1. The van der Waals surface area contributed by atoms with E-state index in [1.165, 1.54) is 4.68 Å². The molecule has 0 amide bonds. The van der Waals surface area contributed by atoms with Crippen molar-refractivity contribution in [2.24, 2.45) is 13.0 Å². The highest BCUT2D eigenvalue weighted by Crippen LogP contribution is 2.29. The number of nitrogens with one attached hydrogen (secondary N) is 1. The van der Waals surface area contributed by atoms with E-state index in [2.05, 4.69) is 16.7 Å². The highest BCUT2D eigenvalue weighted by molar-refractivity contribution is 7.89. The third-order valence-electron chi connectivity index (χ3n) is 3.27. The maximum Gasteiger partial charge on any atom is 0.246 e. The van der Waals surface area contributed by atoms with Crippen molar-refractivity contribution in [3.8, 4) is 0 Å². The normalized spacial score (nSPS) is 24.6. The average Bonchev–Trinajstić information content (AvgIpc) is 2.38. The van der Waals surface area contributed by atoms with E-state index in [0.29, 0.717) is 11.6 Å². The minimum Gasteiger partial charge on any atom is -0.381 e. The topological polar surface area (TPSA) is 90.0 Å². The van der Waals surface area contributed by atoms with E-state index in [0.717, 1.165) is 12.8 Å². The maximum absolute atomic E-state index is 12.2. The molecule has 0 aromatic carbocycles. The third-order valence-corrected chi connectivity index (χ3v) is 4.95. The Morgan fingerprint density at radius 3 is 2.47 bits per heavy atom. The van der Waals surface area contributed by atoms with E-state index < -0.39 is 10.0 Å². The van der Waals surface area contributed by atoms with E-state index in [4.69, 9.17) is 5.73 Å². The lowest BCUT2D eigenvalue weighted by Gasteiger charge is -2.32. The van der Waals surface area contributed by atoms with Crippen molar-refractivity contribution in [2.75, 3.05) is 5.73 Å². The Bertz CT molecular complexity index is 529. The van der Waals surface area contributed by atoms with Gasteiger partial charge in [0, 0.05) is 13.1 Å². The van der Waals surface area contributed by atoms with Crippen LogP contribution in [-0.2, 0) is 17.1 Å². The predicted molar refractivity (Wildman–Crippen MR) is 64.9 cm³/mol. The number of anilines is 1. The van der Waals surface area contributed by atoms with Crippen LogP contribution in [0.3, 0.4) is 0 Å². The fourth-order valence-corrected chi connectivity index (χ4v) is 3.81. The summed E-state index contributed by atoms with van der Waals surface area (Å²) in [6.45, 7) is 3.80. The van der Waals surface area contributed by atoms with Gasteiger partial charge in [0.05, 0.1) is 5.69 Å². The number of hydrogen-bond acceptors (Lipinski definition) is 4. The minimum atomic E-state index is -3.54. The molecule has 7 heteroatoms. The second-order valence-corrected chi connectivity index (χ2v) is 6.47. The molecule has 0 bridgehead atoms. The molecule has 0 saturated heterocycles. The van der Waals surface area contributed by atoms with Gasteiger partial charge in [0.1, 0.15) is 4.90 Å². The molecule has 1 fully saturated rings. The number of nitrogen functional groups attached to an aromatic ring is 1. The van der Waals surface area contributed by atoms with Crippen LogP contribution in [0.15, 0.2) is 4.90 Å².